The summed E-state index contributed by atoms with van der Waals surface area (Å²) in [5, 5.41) is 12.4. The summed E-state index contributed by atoms with van der Waals surface area (Å²) >= 11 is 6.02. The van der Waals surface area contributed by atoms with Gasteiger partial charge in [0.2, 0.25) is 0 Å². The van der Waals surface area contributed by atoms with Gasteiger partial charge in [0.05, 0.1) is 18.1 Å². The Labute approximate surface area is 135 Å². The number of benzene rings is 1. The van der Waals surface area contributed by atoms with E-state index in [1.165, 1.54) is 4.90 Å². The Morgan fingerprint density at radius 1 is 1.50 bits per heavy atom. The number of aliphatic hydroxyl groups excluding tert-OH is 1. The third-order valence-corrected chi connectivity index (χ3v) is 5.83. The maximum atomic E-state index is 12.4. The lowest BCUT2D eigenvalue weighted by Gasteiger charge is -2.27. The van der Waals surface area contributed by atoms with E-state index in [4.69, 9.17) is 16.7 Å². The molecular formula is C14H19ClN2O4S. The van der Waals surface area contributed by atoms with Crippen LogP contribution in [0.5, 0.6) is 0 Å². The molecule has 1 aromatic rings. The SMILES string of the molecule is Cc1ccc(NC(=O)N(CCO)[C@H]2CCS(=O)(=O)C2)cc1Cl. The molecule has 122 valence electrons. The molecule has 0 aromatic heterocycles. The molecule has 1 fully saturated rings. The highest BCUT2D eigenvalue weighted by Crippen LogP contribution is 2.22. The van der Waals surface area contributed by atoms with Crippen molar-refractivity contribution >= 4 is 33.2 Å². The van der Waals surface area contributed by atoms with Crippen molar-refractivity contribution in [1.29, 1.82) is 0 Å². The molecule has 1 aliphatic heterocycles. The fourth-order valence-corrected chi connectivity index (χ4v) is 4.36. The van der Waals surface area contributed by atoms with Gasteiger partial charge < -0.3 is 15.3 Å². The van der Waals surface area contributed by atoms with Gasteiger partial charge in [0.25, 0.3) is 0 Å². The van der Waals surface area contributed by atoms with E-state index in [1.54, 1.807) is 18.2 Å². The van der Waals surface area contributed by atoms with E-state index in [-0.39, 0.29) is 24.7 Å². The predicted molar refractivity (Wildman–Crippen MR) is 86.1 cm³/mol. The second-order valence-corrected chi connectivity index (χ2v) is 8.00. The van der Waals surface area contributed by atoms with Crippen molar-refractivity contribution in [2.45, 2.75) is 19.4 Å². The van der Waals surface area contributed by atoms with Gasteiger partial charge in [-0.1, -0.05) is 17.7 Å². The van der Waals surface area contributed by atoms with Crippen LogP contribution in [0.2, 0.25) is 5.02 Å². The molecule has 1 aromatic carbocycles. The lowest BCUT2D eigenvalue weighted by Crippen LogP contribution is -2.45. The van der Waals surface area contributed by atoms with Crippen molar-refractivity contribution < 1.29 is 18.3 Å². The van der Waals surface area contributed by atoms with Gasteiger partial charge in [-0.25, -0.2) is 13.2 Å². The van der Waals surface area contributed by atoms with E-state index in [1.807, 2.05) is 6.92 Å². The number of anilines is 1. The van der Waals surface area contributed by atoms with Crippen molar-refractivity contribution in [2.75, 3.05) is 30.0 Å². The van der Waals surface area contributed by atoms with Gasteiger partial charge in [0, 0.05) is 23.3 Å². The number of carbonyl (C=O) groups is 1. The molecule has 1 aliphatic rings. The minimum Gasteiger partial charge on any atom is -0.395 e. The van der Waals surface area contributed by atoms with Crippen LogP contribution < -0.4 is 5.32 Å². The summed E-state index contributed by atoms with van der Waals surface area (Å²) in [7, 11) is -3.10. The smallest absolute Gasteiger partial charge is 0.322 e. The Hall–Kier alpha value is -1.31. The van der Waals surface area contributed by atoms with Crippen LogP contribution in [0.1, 0.15) is 12.0 Å². The molecular weight excluding hydrogens is 328 g/mol. The average Bonchev–Trinajstić information content (AvgIpc) is 2.80. The monoisotopic (exact) mass is 346 g/mol. The van der Waals surface area contributed by atoms with Crippen molar-refractivity contribution in [3.05, 3.63) is 28.8 Å². The van der Waals surface area contributed by atoms with Crippen molar-refractivity contribution in [3.8, 4) is 0 Å². The molecule has 1 atom stereocenters. The van der Waals surface area contributed by atoms with Gasteiger partial charge in [-0.2, -0.15) is 0 Å². The fourth-order valence-electron chi connectivity index (χ4n) is 2.44. The van der Waals surface area contributed by atoms with Crippen molar-refractivity contribution in [3.63, 3.8) is 0 Å². The second-order valence-electron chi connectivity index (χ2n) is 5.37. The Morgan fingerprint density at radius 3 is 2.77 bits per heavy atom. The number of aryl methyl sites for hydroxylation is 1. The minimum absolute atomic E-state index is 0.0604. The maximum absolute atomic E-state index is 12.4. The molecule has 0 saturated carbocycles. The van der Waals surface area contributed by atoms with E-state index in [0.717, 1.165) is 5.56 Å². The second kappa shape index (κ2) is 6.85. The number of hydrogen-bond acceptors (Lipinski definition) is 4. The van der Waals surface area contributed by atoms with Crippen LogP contribution in [0.3, 0.4) is 0 Å². The number of aliphatic hydroxyl groups is 1. The number of carbonyl (C=O) groups excluding carboxylic acids is 1. The van der Waals surface area contributed by atoms with Gasteiger partial charge in [0.15, 0.2) is 9.84 Å². The van der Waals surface area contributed by atoms with E-state index < -0.39 is 21.9 Å². The molecule has 2 rings (SSSR count). The number of sulfone groups is 1. The highest BCUT2D eigenvalue weighted by molar-refractivity contribution is 7.91. The molecule has 0 radical (unpaired) electrons. The number of nitrogens with zero attached hydrogens (tertiary/aromatic N) is 1. The zero-order chi connectivity index (χ0) is 16.3. The highest BCUT2D eigenvalue weighted by Gasteiger charge is 2.34. The van der Waals surface area contributed by atoms with Crippen LogP contribution in [0, 0.1) is 6.92 Å². The predicted octanol–water partition coefficient (Wildman–Crippen LogP) is 1.66. The Balaban J connectivity index is 2.11. The number of urea groups is 1. The molecule has 8 heteroatoms. The minimum atomic E-state index is -3.10. The van der Waals surface area contributed by atoms with E-state index in [0.29, 0.717) is 17.1 Å². The summed E-state index contributed by atoms with van der Waals surface area (Å²) in [4.78, 5) is 13.7. The topological polar surface area (TPSA) is 86.7 Å². The van der Waals surface area contributed by atoms with Crippen LogP contribution in [-0.2, 0) is 9.84 Å². The molecule has 0 unspecified atom stereocenters. The standard InChI is InChI=1S/C14H19ClN2O4S/c1-10-2-3-11(8-13(10)15)16-14(19)17(5-6-18)12-4-7-22(20,21)9-12/h2-3,8,12,18H,4-7,9H2,1H3,(H,16,19)/t12-/m0/s1. The van der Waals surface area contributed by atoms with Gasteiger partial charge in [-0.3, -0.25) is 0 Å². The van der Waals surface area contributed by atoms with E-state index in [9.17, 15) is 13.2 Å². The molecule has 0 bridgehead atoms. The first-order valence-electron chi connectivity index (χ1n) is 6.97. The quantitative estimate of drug-likeness (QED) is 0.868. The van der Waals surface area contributed by atoms with E-state index in [2.05, 4.69) is 5.32 Å². The highest BCUT2D eigenvalue weighted by atomic mass is 35.5. The summed E-state index contributed by atoms with van der Waals surface area (Å²) in [6, 6.07) is 4.31. The van der Waals surface area contributed by atoms with Crippen LogP contribution >= 0.6 is 11.6 Å². The molecule has 6 nitrogen and oxygen atoms in total. The van der Waals surface area contributed by atoms with E-state index >= 15 is 0 Å². The zero-order valence-corrected chi connectivity index (χ0v) is 13.8. The third-order valence-electron chi connectivity index (χ3n) is 3.67. The van der Waals surface area contributed by atoms with Gasteiger partial charge in [-0.15, -0.1) is 0 Å². The van der Waals surface area contributed by atoms with Crippen LogP contribution in [0.4, 0.5) is 10.5 Å². The first-order valence-corrected chi connectivity index (χ1v) is 9.17. The molecule has 1 saturated heterocycles. The van der Waals surface area contributed by atoms with Crippen molar-refractivity contribution in [2.24, 2.45) is 0 Å². The summed E-state index contributed by atoms with van der Waals surface area (Å²) in [6.45, 7) is 1.72. The lowest BCUT2D eigenvalue weighted by atomic mass is 10.2. The molecule has 22 heavy (non-hydrogen) atoms. The van der Waals surface area contributed by atoms with Gasteiger partial charge in [0.1, 0.15) is 0 Å². The number of hydrogen-bond donors (Lipinski definition) is 2. The summed E-state index contributed by atoms with van der Waals surface area (Å²) in [5.41, 5.74) is 1.43. The normalized spacial score (nSPS) is 19.9. The molecule has 0 spiro atoms. The van der Waals surface area contributed by atoms with Gasteiger partial charge in [-0.05, 0) is 31.0 Å². The van der Waals surface area contributed by atoms with Crippen LogP contribution in [0.25, 0.3) is 0 Å². The Morgan fingerprint density at radius 2 is 2.23 bits per heavy atom. The lowest BCUT2D eigenvalue weighted by molar-refractivity contribution is 0.169. The zero-order valence-electron chi connectivity index (χ0n) is 12.3. The van der Waals surface area contributed by atoms with Gasteiger partial charge >= 0.3 is 6.03 Å². The number of nitrogens with one attached hydrogen (secondary N) is 1. The summed E-state index contributed by atoms with van der Waals surface area (Å²) in [6.07, 6.45) is 0.393. The van der Waals surface area contributed by atoms with Crippen LogP contribution in [0.15, 0.2) is 18.2 Å². The average molecular weight is 347 g/mol. The summed E-state index contributed by atoms with van der Waals surface area (Å²) < 4.78 is 23.1. The molecule has 2 amide bonds. The maximum Gasteiger partial charge on any atom is 0.322 e. The molecule has 2 N–H and O–H groups in total. The number of halogens is 1. The first-order chi connectivity index (χ1) is 10.3. The largest absolute Gasteiger partial charge is 0.395 e. The summed E-state index contributed by atoms with van der Waals surface area (Å²) in [5.74, 6) is 0.0122. The Bertz CT molecular complexity index is 663. The molecule has 0 aliphatic carbocycles. The number of amides is 2. The Kier molecular flexibility index (Phi) is 5.31. The first kappa shape index (κ1) is 17.1. The number of rotatable bonds is 4. The third kappa shape index (κ3) is 4.12. The molecule has 1 heterocycles. The van der Waals surface area contributed by atoms with Crippen molar-refractivity contribution in [1.82, 2.24) is 4.90 Å². The fraction of sp³-hybridized carbons (Fsp3) is 0.500. The van der Waals surface area contributed by atoms with Crippen LogP contribution in [-0.4, -0.2) is 55.2 Å².